The van der Waals surface area contributed by atoms with Crippen LogP contribution in [0.15, 0.2) is 24.3 Å². The molecule has 6 heteroatoms. The first-order valence-corrected chi connectivity index (χ1v) is 4.57. The fourth-order valence-corrected chi connectivity index (χ4v) is 1.47. The van der Waals surface area contributed by atoms with Crippen molar-refractivity contribution < 1.29 is 18.3 Å². The minimum Gasteiger partial charge on any atom is -0.375 e. The smallest absolute Gasteiger partial charge is 0.375 e. The van der Waals surface area contributed by atoms with Gasteiger partial charge in [0.2, 0.25) is 5.60 Å². The van der Waals surface area contributed by atoms with Crippen LogP contribution in [0.1, 0.15) is 12.6 Å². The monoisotopic (exact) mass is 230 g/mol. The van der Waals surface area contributed by atoms with E-state index in [9.17, 15) is 18.3 Å². The Labute approximate surface area is 88.9 Å². The zero-order valence-corrected chi connectivity index (χ0v) is 8.34. The van der Waals surface area contributed by atoms with Crippen LogP contribution in [-0.4, -0.2) is 21.5 Å². The Balaban J connectivity index is 2.64. The molecule has 0 spiro atoms. The molecule has 0 amide bonds. The number of H-pyrrole nitrogens is 1. The predicted molar refractivity (Wildman–Crippen MR) is 51.7 cm³/mol. The molecule has 0 aliphatic carbocycles. The third-order valence-electron chi connectivity index (χ3n) is 2.48. The highest BCUT2D eigenvalue weighted by molar-refractivity contribution is 5.82. The summed E-state index contributed by atoms with van der Waals surface area (Å²) in [7, 11) is 0. The lowest BCUT2D eigenvalue weighted by molar-refractivity contribution is -0.259. The van der Waals surface area contributed by atoms with Crippen molar-refractivity contribution in [2.24, 2.45) is 0 Å². The van der Waals surface area contributed by atoms with E-state index in [-0.39, 0.29) is 5.39 Å². The third kappa shape index (κ3) is 1.46. The van der Waals surface area contributed by atoms with E-state index >= 15 is 0 Å². The quantitative estimate of drug-likeness (QED) is 0.789. The molecule has 0 bridgehead atoms. The summed E-state index contributed by atoms with van der Waals surface area (Å²) < 4.78 is 37.9. The third-order valence-corrected chi connectivity index (χ3v) is 2.48. The molecule has 0 saturated heterocycles. The van der Waals surface area contributed by atoms with Gasteiger partial charge in [-0.15, -0.1) is 0 Å². The van der Waals surface area contributed by atoms with Gasteiger partial charge in [0.15, 0.2) is 0 Å². The Morgan fingerprint density at radius 2 is 1.88 bits per heavy atom. The molecule has 1 unspecified atom stereocenters. The van der Waals surface area contributed by atoms with Crippen molar-refractivity contribution in [3.63, 3.8) is 0 Å². The molecule has 2 rings (SSSR count). The molecule has 1 aromatic heterocycles. The fourth-order valence-electron chi connectivity index (χ4n) is 1.47. The van der Waals surface area contributed by atoms with Gasteiger partial charge >= 0.3 is 6.18 Å². The zero-order chi connectivity index (χ0) is 12.0. The fraction of sp³-hybridized carbons (Fsp3) is 0.300. The molecule has 0 radical (unpaired) electrons. The minimum absolute atomic E-state index is 0.268. The van der Waals surface area contributed by atoms with Gasteiger partial charge in [0.25, 0.3) is 0 Å². The summed E-state index contributed by atoms with van der Waals surface area (Å²) >= 11 is 0. The van der Waals surface area contributed by atoms with Gasteiger partial charge in [-0.1, -0.05) is 18.2 Å². The molecule has 3 nitrogen and oxygen atoms in total. The highest BCUT2D eigenvalue weighted by Crippen LogP contribution is 2.39. The van der Waals surface area contributed by atoms with Gasteiger partial charge in [-0.2, -0.15) is 18.3 Å². The number of halogens is 3. The van der Waals surface area contributed by atoms with Crippen molar-refractivity contribution in [3.05, 3.63) is 30.0 Å². The Morgan fingerprint density at radius 3 is 2.50 bits per heavy atom. The number of para-hydroxylation sites is 1. The molecule has 86 valence electrons. The van der Waals surface area contributed by atoms with Crippen molar-refractivity contribution in [1.82, 2.24) is 10.2 Å². The maximum atomic E-state index is 12.6. The highest BCUT2D eigenvalue weighted by Gasteiger charge is 2.53. The number of nitrogens with one attached hydrogen (secondary N) is 1. The molecule has 0 saturated carbocycles. The van der Waals surface area contributed by atoms with Gasteiger partial charge in [-0.05, 0) is 13.0 Å². The maximum absolute atomic E-state index is 12.6. The predicted octanol–water partition coefficient (Wildman–Crippen LogP) is 2.33. The molecule has 2 N–H and O–H groups in total. The second kappa shape index (κ2) is 3.21. The average Bonchev–Trinajstić information content (AvgIpc) is 2.59. The topological polar surface area (TPSA) is 48.9 Å². The second-order valence-corrected chi connectivity index (χ2v) is 3.69. The van der Waals surface area contributed by atoms with Crippen molar-refractivity contribution in [3.8, 4) is 0 Å². The van der Waals surface area contributed by atoms with E-state index in [0.29, 0.717) is 12.4 Å². The largest absolute Gasteiger partial charge is 0.422 e. The molecule has 0 aliphatic rings. The first kappa shape index (κ1) is 10.9. The Hall–Kier alpha value is -1.56. The minimum atomic E-state index is -4.76. The van der Waals surface area contributed by atoms with Crippen molar-refractivity contribution in [2.45, 2.75) is 18.7 Å². The number of benzene rings is 1. The lowest BCUT2D eigenvalue weighted by Gasteiger charge is -2.24. The van der Waals surface area contributed by atoms with E-state index in [1.165, 1.54) is 6.07 Å². The Bertz CT molecular complexity index is 516. The number of fused-ring (bicyclic) bond motifs is 1. The first-order chi connectivity index (χ1) is 7.34. The van der Waals surface area contributed by atoms with Crippen molar-refractivity contribution in [1.29, 1.82) is 0 Å². The number of hydrogen-bond acceptors (Lipinski definition) is 2. The summed E-state index contributed by atoms with van der Waals surface area (Å²) in [6.45, 7) is 0.690. The van der Waals surface area contributed by atoms with E-state index in [1.54, 1.807) is 18.2 Å². The van der Waals surface area contributed by atoms with Crippen LogP contribution in [0.25, 0.3) is 10.9 Å². The molecule has 2 aromatic rings. The van der Waals surface area contributed by atoms with Crippen LogP contribution in [-0.2, 0) is 5.60 Å². The SMILES string of the molecule is CC(O)(c1n[nH]c2ccccc12)C(F)(F)F. The average molecular weight is 230 g/mol. The summed E-state index contributed by atoms with van der Waals surface area (Å²) in [6, 6.07) is 6.34. The maximum Gasteiger partial charge on any atom is 0.422 e. The molecular weight excluding hydrogens is 221 g/mol. The summed E-state index contributed by atoms with van der Waals surface area (Å²) in [6.07, 6.45) is -4.76. The first-order valence-electron chi connectivity index (χ1n) is 4.57. The van der Waals surface area contributed by atoms with E-state index in [1.807, 2.05) is 0 Å². The van der Waals surface area contributed by atoms with Crippen LogP contribution in [0.2, 0.25) is 0 Å². The van der Waals surface area contributed by atoms with Crippen LogP contribution in [0.3, 0.4) is 0 Å². The van der Waals surface area contributed by atoms with Gasteiger partial charge < -0.3 is 5.11 Å². The lowest BCUT2D eigenvalue weighted by Crippen LogP contribution is -2.39. The van der Waals surface area contributed by atoms with Gasteiger partial charge in [0, 0.05) is 5.39 Å². The number of nitrogens with zero attached hydrogens (tertiary/aromatic N) is 1. The highest BCUT2D eigenvalue weighted by atomic mass is 19.4. The van der Waals surface area contributed by atoms with Crippen LogP contribution in [0.5, 0.6) is 0 Å². The lowest BCUT2D eigenvalue weighted by atomic mass is 9.98. The van der Waals surface area contributed by atoms with Crippen LogP contribution >= 0.6 is 0 Å². The Morgan fingerprint density at radius 1 is 1.25 bits per heavy atom. The number of aliphatic hydroxyl groups is 1. The summed E-state index contributed by atoms with van der Waals surface area (Å²) in [5, 5.41) is 15.8. The van der Waals surface area contributed by atoms with Crippen molar-refractivity contribution in [2.75, 3.05) is 0 Å². The zero-order valence-electron chi connectivity index (χ0n) is 8.34. The van der Waals surface area contributed by atoms with E-state index in [0.717, 1.165) is 0 Å². The molecule has 1 atom stereocenters. The molecule has 16 heavy (non-hydrogen) atoms. The Kier molecular flexibility index (Phi) is 2.20. The molecular formula is C10H9F3N2O. The standard InChI is InChI=1S/C10H9F3N2O/c1-9(16,10(11,12)13)8-6-4-2-3-5-7(6)14-15-8/h2-5,16H,1H3,(H,14,15). The van der Waals surface area contributed by atoms with Crippen LogP contribution in [0.4, 0.5) is 13.2 Å². The summed E-state index contributed by atoms with van der Waals surface area (Å²) in [5.74, 6) is 0. The number of rotatable bonds is 1. The van der Waals surface area contributed by atoms with E-state index < -0.39 is 17.5 Å². The van der Waals surface area contributed by atoms with Gasteiger partial charge in [0.1, 0.15) is 5.69 Å². The summed E-state index contributed by atoms with van der Waals surface area (Å²) in [5.41, 5.74) is -2.90. The van der Waals surface area contributed by atoms with Gasteiger partial charge in [-0.25, -0.2) is 0 Å². The number of aromatic nitrogens is 2. The molecule has 0 aliphatic heterocycles. The molecule has 0 fully saturated rings. The molecule has 1 heterocycles. The number of alkyl halides is 3. The number of aromatic amines is 1. The van der Waals surface area contributed by atoms with Gasteiger partial charge in [-0.3, -0.25) is 5.10 Å². The summed E-state index contributed by atoms with van der Waals surface area (Å²) in [4.78, 5) is 0. The normalized spacial score (nSPS) is 16.3. The van der Waals surface area contributed by atoms with Crippen LogP contribution in [0, 0.1) is 0 Å². The van der Waals surface area contributed by atoms with Crippen molar-refractivity contribution >= 4 is 10.9 Å². The van der Waals surface area contributed by atoms with E-state index in [2.05, 4.69) is 10.2 Å². The van der Waals surface area contributed by atoms with Crippen LogP contribution < -0.4 is 0 Å². The van der Waals surface area contributed by atoms with Gasteiger partial charge in [0.05, 0.1) is 5.52 Å². The molecule has 1 aromatic carbocycles. The second-order valence-electron chi connectivity index (χ2n) is 3.69. The number of hydrogen-bond donors (Lipinski definition) is 2. The van der Waals surface area contributed by atoms with E-state index in [4.69, 9.17) is 0 Å².